The summed E-state index contributed by atoms with van der Waals surface area (Å²) in [5.41, 5.74) is 1.78. The van der Waals surface area contributed by atoms with Crippen LogP contribution in [0.2, 0.25) is 0 Å². The molecule has 1 aliphatic heterocycles. The van der Waals surface area contributed by atoms with Crippen LogP contribution < -0.4 is 15.4 Å². The molecule has 4 aromatic rings. The zero-order valence-corrected chi connectivity index (χ0v) is 29.6. The largest absolute Gasteiger partial charge is 0.445 e. The molecule has 5 rings (SSSR count). The van der Waals surface area contributed by atoms with E-state index < -0.39 is 34.1 Å². The number of ether oxygens (including phenoxy) is 2. The van der Waals surface area contributed by atoms with E-state index in [0.717, 1.165) is 21.9 Å². The monoisotopic (exact) mass is 714 g/mol. The fourth-order valence-corrected chi connectivity index (χ4v) is 7.22. The molecule has 3 amide bonds. The number of alkyl carbamates (subject to hydrolysis) is 1. The van der Waals surface area contributed by atoms with E-state index in [9.17, 15) is 22.8 Å². The lowest BCUT2D eigenvalue weighted by Crippen LogP contribution is -2.59. The van der Waals surface area contributed by atoms with Gasteiger partial charge in [-0.05, 0) is 65.6 Å². The minimum absolute atomic E-state index is 0.0302. The first-order valence-electron chi connectivity index (χ1n) is 17.3. The van der Waals surface area contributed by atoms with Gasteiger partial charge >= 0.3 is 6.09 Å². The predicted octanol–water partition coefficient (Wildman–Crippen LogP) is 5.15. The molecule has 0 unspecified atom stereocenters. The molecule has 270 valence electrons. The highest BCUT2D eigenvalue weighted by Gasteiger charge is 2.39. The molecule has 0 saturated carbocycles. The van der Waals surface area contributed by atoms with E-state index in [1.54, 1.807) is 12.1 Å². The molecule has 1 aliphatic rings. The van der Waals surface area contributed by atoms with Gasteiger partial charge in [0.25, 0.3) is 0 Å². The van der Waals surface area contributed by atoms with Gasteiger partial charge in [0, 0.05) is 19.6 Å². The van der Waals surface area contributed by atoms with Crippen LogP contribution in [0.1, 0.15) is 43.7 Å². The number of sulfonamides is 1. The van der Waals surface area contributed by atoms with Crippen LogP contribution in [0.15, 0.2) is 108 Å². The second-order valence-corrected chi connectivity index (χ2v) is 14.6. The number of nitrogens with one attached hydrogen (secondary N) is 3. The molecule has 0 aromatic heterocycles. The third-order valence-corrected chi connectivity index (χ3v) is 10.3. The molecule has 4 aromatic carbocycles. The van der Waals surface area contributed by atoms with Gasteiger partial charge in [0.2, 0.25) is 21.8 Å². The van der Waals surface area contributed by atoms with E-state index in [4.69, 9.17) is 9.47 Å². The van der Waals surface area contributed by atoms with Gasteiger partial charge in [-0.3, -0.25) is 9.59 Å². The summed E-state index contributed by atoms with van der Waals surface area (Å²) >= 11 is 0. The van der Waals surface area contributed by atoms with Gasteiger partial charge in [0.1, 0.15) is 18.7 Å². The molecular formula is C39H46N4O7S. The first kappa shape index (κ1) is 37.5. The van der Waals surface area contributed by atoms with E-state index >= 15 is 0 Å². The zero-order chi connectivity index (χ0) is 36.1. The smallest absolute Gasteiger partial charge is 0.407 e. The third kappa shape index (κ3) is 11.1. The number of nitrogens with zero attached hydrogens (tertiary/aromatic N) is 1. The number of amides is 3. The summed E-state index contributed by atoms with van der Waals surface area (Å²) in [6.45, 7) is 3.22. The SMILES string of the molecule is C[C@@H]1CCN(C(=O)[C@H](COCc2ccccc2)NS(=O)(=O)c2ccc3ccccc3c2)[C@@H](C(=O)NCCCCNC(=O)OCc2ccccc2)C1. The number of piperidine rings is 1. The predicted molar refractivity (Wildman–Crippen MR) is 195 cm³/mol. The lowest BCUT2D eigenvalue weighted by molar-refractivity contribution is -0.145. The Morgan fingerprint density at radius 1 is 0.804 bits per heavy atom. The van der Waals surface area contributed by atoms with Gasteiger partial charge in [0.15, 0.2) is 0 Å². The van der Waals surface area contributed by atoms with Gasteiger partial charge < -0.3 is 25.0 Å². The van der Waals surface area contributed by atoms with Crippen molar-refractivity contribution in [1.29, 1.82) is 0 Å². The summed E-state index contributed by atoms with van der Waals surface area (Å²) in [6, 6.07) is 29.0. The van der Waals surface area contributed by atoms with Gasteiger partial charge in [-0.15, -0.1) is 0 Å². The molecule has 51 heavy (non-hydrogen) atoms. The van der Waals surface area contributed by atoms with Crippen LogP contribution in [0.4, 0.5) is 4.79 Å². The number of carbonyl (C=O) groups is 3. The highest BCUT2D eigenvalue weighted by atomic mass is 32.2. The number of unbranched alkanes of at least 4 members (excludes halogenated alkanes) is 1. The van der Waals surface area contributed by atoms with Crippen LogP contribution in [0, 0.1) is 5.92 Å². The maximum Gasteiger partial charge on any atom is 0.407 e. The Morgan fingerprint density at radius 3 is 2.14 bits per heavy atom. The van der Waals surface area contributed by atoms with Crippen LogP contribution >= 0.6 is 0 Å². The molecule has 12 heteroatoms. The fraction of sp³-hybridized carbons (Fsp3) is 0.359. The lowest BCUT2D eigenvalue weighted by atomic mass is 9.91. The van der Waals surface area contributed by atoms with Crippen molar-refractivity contribution < 1.29 is 32.3 Å². The van der Waals surface area contributed by atoms with Crippen molar-refractivity contribution in [1.82, 2.24) is 20.3 Å². The van der Waals surface area contributed by atoms with Gasteiger partial charge in [0.05, 0.1) is 18.1 Å². The van der Waals surface area contributed by atoms with Crippen LogP contribution in [0.25, 0.3) is 10.8 Å². The molecule has 3 atom stereocenters. The van der Waals surface area contributed by atoms with E-state index in [1.807, 2.05) is 91.9 Å². The Balaban J connectivity index is 1.19. The Morgan fingerprint density at radius 2 is 1.43 bits per heavy atom. The van der Waals surface area contributed by atoms with Gasteiger partial charge in [-0.2, -0.15) is 4.72 Å². The first-order chi connectivity index (χ1) is 24.7. The van der Waals surface area contributed by atoms with E-state index in [-0.39, 0.29) is 36.5 Å². The third-order valence-electron chi connectivity index (χ3n) is 8.86. The van der Waals surface area contributed by atoms with Crippen LogP contribution in [0.5, 0.6) is 0 Å². The lowest BCUT2D eigenvalue weighted by Gasteiger charge is -2.39. The highest BCUT2D eigenvalue weighted by Crippen LogP contribution is 2.25. The maximum atomic E-state index is 14.2. The molecular weight excluding hydrogens is 669 g/mol. The molecule has 0 bridgehead atoms. The second kappa shape index (κ2) is 18.5. The second-order valence-electron chi connectivity index (χ2n) is 12.8. The minimum atomic E-state index is -4.14. The number of fused-ring (bicyclic) bond motifs is 1. The van der Waals surface area contributed by atoms with Crippen LogP contribution in [-0.4, -0.2) is 69.6 Å². The van der Waals surface area contributed by atoms with Crippen molar-refractivity contribution in [2.24, 2.45) is 5.92 Å². The zero-order valence-electron chi connectivity index (χ0n) is 28.8. The molecule has 0 spiro atoms. The Bertz CT molecular complexity index is 1860. The summed E-state index contributed by atoms with van der Waals surface area (Å²) in [7, 11) is -4.14. The number of hydrogen-bond acceptors (Lipinski definition) is 7. The average molecular weight is 715 g/mol. The molecule has 1 fully saturated rings. The number of likely N-dealkylation sites (tertiary alicyclic amines) is 1. The Kier molecular flexibility index (Phi) is 13.6. The molecule has 3 N–H and O–H groups in total. The summed E-state index contributed by atoms with van der Waals surface area (Å²) in [5, 5.41) is 7.30. The minimum Gasteiger partial charge on any atom is -0.445 e. The maximum absolute atomic E-state index is 14.2. The van der Waals surface area contributed by atoms with Gasteiger partial charge in [-0.25, -0.2) is 13.2 Å². The van der Waals surface area contributed by atoms with Crippen molar-refractivity contribution in [3.8, 4) is 0 Å². The molecule has 0 radical (unpaired) electrons. The topological polar surface area (TPSA) is 143 Å². The van der Waals surface area contributed by atoms with Gasteiger partial charge in [-0.1, -0.05) is 97.9 Å². The summed E-state index contributed by atoms with van der Waals surface area (Å²) in [6.07, 6.45) is 1.83. The van der Waals surface area contributed by atoms with Crippen LogP contribution in [-0.2, 0) is 42.3 Å². The molecule has 1 saturated heterocycles. The average Bonchev–Trinajstić information content (AvgIpc) is 3.15. The summed E-state index contributed by atoms with van der Waals surface area (Å²) in [5.74, 6) is -0.623. The summed E-state index contributed by atoms with van der Waals surface area (Å²) in [4.78, 5) is 41.2. The number of rotatable bonds is 16. The normalized spacial score (nSPS) is 16.7. The van der Waals surface area contributed by atoms with Crippen LogP contribution in [0.3, 0.4) is 0 Å². The highest BCUT2D eigenvalue weighted by molar-refractivity contribution is 7.89. The first-order valence-corrected chi connectivity index (χ1v) is 18.8. The number of carbonyl (C=O) groups excluding carboxylic acids is 3. The van der Waals surface area contributed by atoms with E-state index in [1.165, 1.54) is 11.0 Å². The van der Waals surface area contributed by atoms with Crippen molar-refractivity contribution in [2.75, 3.05) is 26.2 Å². The number of hydrogen-bond donors (Lipinski definition) is 3. The molecule has 11 nitrogen and oxygen atoms in total. The van der Waals surface area contributed by atoms with Crippen molar-refractivity contribution in [2.45, 2.75) is 62.8 Å². The van der Waals surface area contributed by atoms with E-state index in [2.05, 4.69) is 15.4 Å². The fourth-order valence-electron chi connectivity index (χ4n) is 6.01. The quantitative estimate of drug-likeness (QED) is 0.136. The molecule has 1 heterocycles. The van der Waals surface area contributed by atoms with E-state index in [0.29, 0.717) is 45.3 Å². The number of benzene rings is 4. The Hall–Kier alpha value is -4.78. The Labute approximate surface area is 299 Å². The standard InChI is InChI=1S/C39H46N4O7S/c1-29-20-23-43(36(24-29)37(44)40-21-10-11-22-41-39(46)50-27-31-14-6-3-7-15-31)38(45)35(28-49-26-30-12-4-2-5-13-30)42-51(47,48)34-19-18-32-16-8-9-17-33(32)25-34/h2-9,12-19,25,29,35-36,42H,10-11,20-24,26-28H2,1H3,(H,40,44)(H,41,46)/t29-,35+,36-/m1/s1. The van der Waals surface area contributed by atoms with Crippen molar-refractivity contribution >= 4 is 38.7 Å². The summed E-state index contributed by atoms with van der Waals surface area (Å²) < 4.78 is 41.1. The van der Waals surface area contributed by atoms with Crippen molar-refractivity contribution in [3.05, 3.63) is 114 Å². The molecule has 0 aliphatic carbocycles. The van der Waals surface area contributed by atoms with Crippen molar-refractivity contribution in [3.63, 3.8) is 0 Å².